The summed E-state index contributed by atoms with van der Waals surface area (Å²) in [5, 5.41) is 2.73. The summed E-state index contributed by atoms with van der Waals surface area (Å²) < 4.78 is 48.3. The Morgan fingerprint density at radius 3 is 2.40 bits per heavy atom. The Labute approximate surface area is 149 Å². The Bertz CT molecular complexity index is 817. The fraction of sp³-hybridized carbons (Fsp3) is 0.562. The van der Waals surface area contributed by atoms with E-state index in [9.17, 15) is 21.6 Å². The molecule has 1 aromatic rings. The monoisotopic (exact) mass is 388 g/mol. The van der Waals surface area contributed by atoms with Crippen molar-refractivity contribution in [3.8, 4) is 0 Å². The van der Waals surface area contributed by atoms with Gasteiger partial charge in [0, 0.05) is 24.7 Å². The highest BCUT2D eigenvalue weighted by Crippen LogP contribution is 2.20. The maximum absolute atomic E-state index is 12.1. The van der Waals surface area contributed by atoms with Crippen molar-refractivity contribution < 1.29 is 21.6 Å². The first-order valence-electron chi connectivity index (χ1n) is 8.17. The molecule has 0 aromatic heterocycles. The zero-order valence-electron chi connectivity index (χ0n) is 14.4. The van der Waals surface area contributed by atoms with E-state index in [4.69, 9.17) is 0 Å². The van der Waals surface area contributed by atoms with Gasteiger partial charge in [0.1, 0.15) is 0 Å². The molecule has 1 aromatic carbocycles. The van der Waals surface area contributed by atoms with Gasteiger partial charge < -0.3 is 5.32 Å². The Morgan fingerprint density at radius 1 is 1.28 bits per heavy atom. The van der Waals surface area contributed by atoms with E-state index in [1.807, 2.05) is 19.1 Å². The van der Waals surface area contributed by atoms with Crippen molar-refractivity contribution in [2.75, 3.05) is 29.6 Å². The summed E-state index contributed by atoms with van der Waals surface area (Å²) in [5.41, 5.74) is 1.81. The van der Waals surface area contributed by atoms with E-state index in [-0.39, 0.29) is 36.8 Å². The second-order valence-electron chi connectivity index (χ2n) is 6.28. The van der Waals surface area contributed by atoms with Gasteiger partial charge in [0.2, 0.25) is 15.9 Å². The van der Waals surface area contributed by atoms with Crippen LogP contribution in [0.1, 0.15) is 25.3 Å². The van der Waals surface area contributed by atoms with E-state index in [0.717, 1.165) is 22.5 Å². The number of sulfonamides is 1. The maximum atomic E-state index is 12.1. The first-order chi connectivity index (χ1) is 11.6. The largest absolute Gasteiger partial charge is 0.326 e. The van der Waals surface area contributed by atoms with Gasteiger partial charge in [-0.25, -0.2) is 16.8 Å². The average molecular weight is 389 g/mol. The molecule has 1 fully saturated rings. The molecule has 0 bridgehead atoms. The summed E-state index contributed by atoms with van der Waals surface area (Å²) in [5.74, 6) is -0.501. The summed E-state index contributed by atoms with van der Waals surface area (Å²) in [6, 6.07) is 6.85. The fourth-order valence-electron chi connectivity index (χ4n) is 2.88. The first kappa shape index (κ1) is 19.9. The first-order valence-corrected chi connectivity index (χ1v) is 11.8. The number of carbonyl (C=O) groups is 1. The van der Waals surface area contributed by atoms with E-state index in [1.54, 1.807) is 12.1 Å². The number of aryl methyl sites for hydroxylation is 1. The normalized spacial score (nSPS) is 19.9. The summed E-state index contributed by atoms with van der Waals surface area (Å²) in [7, 11) is -6.79. The van der Waals surface area contributed by atoms with E-state index in [1.165, 1.54) is 0 Å². The van der Waals surface area contributed by atoms with E-state index >= 15 is 0 Å². The number of sulfone groups is 1. The van der Waals surface area contributed by atoms with Crippen molar-refractivity contribution in [2.24, 2.45) is 0 Å². The number of rotatable bonds is 7. The van der Waals surface area contributed by atoms with Crippen molar-refractivity contribution in [3.63, 3.8) is 0 Å². The van der Waals surface area contributed by atoms with E-state index in [0.29, 0.717) is 5.69 Å². The van der Waals surface area contributed by atoms with Gasteiger partial charge in [0.25, 0.3) is 0 Å². The van der Waals surface area contributed by atoms with Crippen LogP contribution in [0.15, 0.2) is 24.3 Å². The summed E-state index contributed by atoms with van der Waals surface area (Å²) in [4.78, 5) is 12.1. The van der Waals surface area contributed by atoms with E-state index in [2.05, 4.69) is 5.32 Å². The molecule has 1 heterocycles. The smallest absolute Gasteiger partial charge is 0.225 e. The Morgan fingerprint density at radius 2 is 1.92 bits per heavy atom. The zero-order chi connectivity index (χ0) is 18.7. The van der Waals surface area contributed by atoms with Gasteiger partial charge in [-0.1, -0.05) is 19.1 Å². The average Bonchev–Trinajstić information content (AvgIpc) is 2.86. The van der Waals surface area contributed by atoms with Gasteiger partial charge in [-0.3, -0.25) is 4.79 Å². The maximum Gasteiger partial charge on any atom is 0.225 e. The SMILES string of the molecule is CCc1ccc(NC(=O)CCN(C2CCS(=O)(=O)C2)S(C)(=O)=O)cc1. The molecule has 9 heteroatoms. The third-order valence-electron chi connectivity index (χ3n) is 4.25. The van der Waals surface area contributed by atoms with Gasteiger partial charge in [-0.05, 0) is 30.5 Å². The van der Waals surface area contributed by atoms with Crippen molar-refractivity contribution in [1.29, 1.82) is 0 Å². The van der Waals surface area contributed by atoms with Crippen molar-refractivity contribution >= 4 is 31.5 Å². The van der Waals surface area contributed by atoms with Crippen LogP contribution in [0.5, 0.6) is 0 Å². The van der Waals surface area contributed by atoms with Gasteiger partial charge >= 0.3 is 0 Å². The predicted molar refractivity (Wildman–Crippen MR) is 97.7 cm³/mol. The second-order valence-corrected chi connectivity index (χ2v) is 10.4. The second kappa shape index (κ2) is 7.84. The van der Waals surface area contributed by atoms with Crippen LogP contribution < -0.4 is 5.32 Å². The number of nitrogens with zero attached hydrogens (tertiary/aromatic N) is 1. The lowest BCUT2D eigenvalue weighted by Gasteiger charge is -2.25. The highest BCUT2D eigenvalue weighted by atomic mass is 32.2. The number of amides is 1. The quantitative estimate of drug-likeness (QED) is 0.752. The molecule has 1 N–H and O–H groups in total. The lowest BCUT2D eigenvalue weighted by molar-refractivity contribution is -0.116. The van der Waals surface area contributed by atoms with Crippen LogP contribution in [0.3, 0.4) is 0 Å². The van der Waals surface area contributed by atoms with Crippen LogP contribution in [0.2, 0.25) is 0 Å². The van der Waals surface area contributed by atoms with Gasteiger partial charge in [-0.15, -0.1) is 0 Å². The predicted octanol–water partition coefficient (Wildman–Crippen LogP) is 1.03. The van der Waals surface area contributed by atoms with Crippen LogP contribution >= 0.6 is 0 Å². The highest BCUT2D eigenvalue weighted by molar-refractivity contribution is 7.92. The number of carbonyl (C=O) groups excluding carboxylic acids is 1. The molecule has 1 unspecified atom stereocenters. The summed E-state index contributed by atoms with van der Waals surface area (Å²) >= 11 is 0. The number of hydrogen-bond donors (Lipinski definition) is 1. The van der Waals surface area contributed by atoms with Crippen LogP contribution in [-0.2, 0) is 31.1 Å². The molecule has 2 rings (SSSR count). The Hall–Kier alpha value is -1.45. The number of benzene rings is 1. The third kappa shape index (κ3) is 5.79. The van der Waals surface area contributed by atoms with Crippen LogP contribution in [0.25, 0.3) is 0 Å². The number of anilines is 1. The highest BCUT2D eigenvalue weighted by Gasteiger charge is 2.36. The Balaban J connectivity index is 1.96. The molecular formula is C16H24N2O5S2. The number of nitrogens with one attached hydrogen (secondary N) is 1. The minimum absolute atomic E-state index is 0.0142. The minimum atomic E-state index is -3.59. The lowest BCUT2D eigenvalue weighted by atomic mass is 10.1. The van der Waals surface area contributed by atoms with E-state index < -0.39 is 25.9 Å². The lowest BCUT2D eigenvalue weighted by Crippen LogP contribution is -2.42. The molecule has 0 aliphatic carbocycles. The molecule has 1 amide bonds. The Kier molecular flexibility index (Phi) is 6.23. The van der Waals surface area contributed by atoms with Crippen LogP contribution in [0, 0.1) is 0 Å². The molecule has 1 aliphatic heterocycles. The molecule has 1 saturated heterocycles. The molecule has 0 radical (unpaired) electrons. The molecular weight excluding hydrogens is 364 g/mol. The molecule has 0 saturated carbocycles. The van der Waals surface area contributed by atoms with Crippen molar-refractivity contribution in [2.45, 2.75) is 32.2 Å². The number of hydrogen-bond acceptors (Lipinski definition) is 5. The van der Waals surface area contributed by atoms with Gasteiger partial charge in [-0.2, -0.15) is 4.31 Å². The summed E-state index contributed by atoms with van der Waals surface area (Å²) in [6.07, 6.45) is 2.19. The van der Waals surface area contributed by atoms with Gasteiger partial charge in [0.15, 0.2) is 9.84 Å². The van der Waals surface area contributed by atoms with Crippen molar-refractivity contribution in [1.82, 2.24) is 4.31 Å². The molecule has 0 spiro atoms. The fourth-order valence-corrected chi connectivity index (χ4v) is 5.85. The zero-order valence-corrected chi connectivity index (χ0v) is 16.1. The molecule has 1 atom stereocenters. The standard InChI is InChI=1S/C16H24N2O5S2/c1-3-13-4-6-14(7-5-13)17-16(19)8-10-18(24(2,20)21)15-9-11-25(22,23)12-15/h4-7,15H,3,8-12H2,1-2H3,(H,17,19). The van der Waals surface area contributed by atoms with Crippen LogP contribution in [0.4, 0.5) is 5.69 Å². The van der Waals surface area contributed by atoms with Gasteiger partial charge in [0.05, 0.1) is 17.8 Å². The molecule has 7 nitrogen and oxygen atoms in total. The molecule has 1 aliphatic rings. The van der Waals surface area contributed by atoms with Crippen molar-refractivity contribution in [3.05, 3.63) is 29.8 Å². The third-order valence-corrected chi connectivity index (χ3v) is 7.33. The topological polar surface area (TPSA) is 101 Å². The van der Waals surface area contributed by atoms with Crippen LogP contribution in [-0.4, -0.2) is 57.4 Å². The molecule has 25 heavy (non-hydrogen) atoms. The minimum Gasteiger partial charge on any atom is -0.326 e. The molecule has 140 valence electrons. The summed E-state index contributed by atoms with van der Waals surface area (Å²) in [6.45, 7) is 2.01.